The second-order valence-electron chi connectivity index (χ2n) is 4.73. The lowest BCUT2D eigenvalue weighted by molar-refractivity contribution is 0.339. The lowest BCUT2D eigenvalue weighted by Gasteiger charge is -2.15. The van der Waals surface area contributed by atoms with Gasteiger partial charge in [0.1, 0.15) is 11.6 Å². The maximum atomic E-state index is 12.9. The van der Waals surface area contributed by atoms with E-state index in [1.54, 1.807) is 0 Å². The van der Waals surface area contributed by atoms with Gasteiger partial charge in [-0.15, -0.1) is 0 Å². The minimum Gasteiger partial charge on any atom is -0.494 e. The molecule has 1 N–H and O–H groups in total. The highest BCUT2D eigenvalue weighted by Gasteiger charge is 2.05. The number of hydrogen-bond donors (Lipinski definition) is 1. The molecule has 0 saturated carbocycles. The Balaban J connectivity index is 1.94. The largest absolute Gasteiger partial charge is 0.494 e. The Kier molecular flexibility index (Phi) is 5.13. The molecule has 2 aromatic rings. The first-order valence-corrected chi connectivity index (χ1v) is 6.89. The SMILES string of the molecule is CCOc1cccc(CN[C@H](C)c2ccc(F)cc2)c1. The van der Waals surface area contributed by atoms with Crippen molar-refractivity contribution >= 4 is 0 Å². The highest BCUT2D eigenvalue weighted by atomic mass is 19.1. The van der Waals surface area contributed by atoms with Crippen molar-refractivity contribution < 1.29 is 9.13 Å². The first-order chi connectivity index (χ1) is 9.69. The van der Waals surface area contributed by atoms with Crippen LogP contribution in [0.4, 0.5) is 4.39 Å². The summed E-state index contributed by atoms with van der Waals surface area (Å²) >= 11 is 0. The number of rotatable bonds is 6. The molecular weight excluding hydrogens is 253 g/mol. The van der Waals surface area contributed by atoms with Crippen LogP contribution < -0.4 is 10.1 Å². The second-order valence-corrected chi connectivity index (χ2v) is 4.73. The normalized spacial score (nSPS) is 12.2. The molecule has 0 unspecified atom stereocenters. The lowest BCUT2D eigenvalue weighted by Crippen LogP contribution is -2.18. The van der Waals surface area contributed by atoms with E-state index in [0.29, 0.717) is 6.61 Å². The Morgan fingerprint density at radius 2 is 1.90 bits per heavy atom. The fourth-order valence-corrected chi connectivity index (χ4v) is 2.05. The third kappa shape index (κ3) is 4.07. The van der Waals surface area contributed by atoms with E-state index in [1.165, 1.54) is 17.7 Å². The highest BCUT2D eigenvalue weighted by molar-refractivity contribution is 5.28. The fourth-order valence-electron chi connectivity index (χ4n) is 2.05. The van der Waals surface area contributed by atoms with Crippen LogP contribution in [0.15, 0.2) is 48.5 Å². The van der Waals surface area contributed by atoms with Gasteiger partial charge in [0.15, 0.2) is 0 Å². The van der Waals surface area contributed by atoms with Gasteiger partial charge in [-0.1, -0.05) is 24.3 Å². The lowest BCUT2D eigenvalue weighted by atomic mass is 10.1. The van der Waals surface area contributed by atoms with E-state index >= 15 is 0 Å². The summed E-state index contributed by atoms with van der Waals surface area (Å²) in [5.74, 6) is 0.687. The minimum atomic E-state index is -0.203. The van der Waals surface area contributed by atoms with Crippen LogP contribution >= 0.6 is 0 Å². The molecular formula is C17H20FNO. The smallest absolute Gasteiger partial charge is 0.123 e. The van der Waals surface area contributed by atoms with E-state index in [1.807, 2.05) is 37.3 Å². The van der Waals surface area contributed by atoms with Crippen molar-refractivity contribution in [3.8, 4) is 5.75 Å². The number of nitrogens with one attached hydrogen (secondary N) is 1. The maximum absolute atomic E-state index is 12.9. The third-order valence-corrected chi connectivity index (χ3v) is 3.19. The summed E-state index contributed by atoms with van der Waals surface area (Å²) in [6.07, 6.45) is 0. The summed E-state index contributed by atoms with van der Waals surface area (Å²) in [6, 6.07) is 14.8. The molecule has 0 aromatic heterocycles. The van der Waals surface area contributed by atoms with Crippen molar-refractivity contribution in [3.05, 3.63) is 65.5 Å². The van der Waals surface area contributed by atoms with Crippen LogP contribution in [0.25, 0.3) is 0 Å². The molecule has 20 heavy (non-hydrogen) atoms. The minimum absolute atomic E-state index is 0.173. The molecule has 0 spiro atoms. The van der Waals surface area contributed by atoms with Crippen LogP contribution in [-0.2, 0) is 6.54 Å². The number of halogens is 1. The van der Waals surface area contributed by atoms with E-state index in [4.69, 9.17) is 4.74 Å². The summed E-state index contributed by atoms with van der Waals surface area (Å²) < 4.78 is 18.4. The predicted octanol–water partition coefficient (Wildman–Crippen LogP) is 4.08. The number of ether oxygens (including phenoxy) is 1. The van der Waals surface area contributed by atoms with Gasteiger partial charge in [0.2, 0.25) is 0 Å². The van der Waals surface area contributed by atoms with Gasteiger partial charge in [0.25, 0.3) is 0 Å². The van der Waals surface area contributed by atoms with Gasteiger partial charge < -0.3 is 10.1 Å². The van der Waals surface area contributed by atoms with Crippen LogP contribution in [0.5, 0.6) is 5.75 Å². The molecule has 0 radical (unpaired) electrons. The van der Waals surface area contributed by atoms with Gasteiger partial charge in [-0.3, -0.25) is 0 Å². The number of benzene rings is 2. The van der Waals surface area contributed by atoms with Crippen molar-refractivity contribution in [1.82, 2.24) is 5.32 Å². The molecule has 2 nitrogen and oxygen atoms in total. The van der Waals surface area contributed by atoms with Gasteiger partial charge in [0, 0.05) is 12.6 Å². The summed E-state index contributed by atoms with van der Waals surface area (Å²) in [5.41, 5.74) is 2.25. The van der Waals surface area contributed by atoms with Crippen LogP contribution in [0, 0.1) is 5.82 Å². The third-order valence-electron chi connectivity index (χ3n) is 3.19. The monoisotopic (exact) mass is 273 g/mol. The average molecular weight is 273 g/mol. The molecule has 3 heteroatoms. The molecule has 0 amide bonds. The van der Waals surface area contributed by atoms with Crippen molar-refractivity contribution in [2.75, 3.05) is 6.61 Å². The summed E-state index contributed by atoms with van der Waals surface area (Å²) in [5, 5.41) is 3.43. The Labute approximate surface area is 119 Å². The molecule has 0 aliphatic rings. The van der Waals surface area contributed by atoms with Crippen molar-refractivity contribution in [3.63, 3.8) is 0 Å². The Hall–Kier alpha value is -1.87. The zero-order chi connectivity index (χ0) is 14.4. The molecule has 0 aliphatic heterocycles. The summed E-state index contributed by atoms with van der Waals surface area (Å²) in [4.78, 5) is 0. The van der Waals surface area contributed by atoms with Crippen molar-refractivity contribution in [2.24, 2.45) is 0 Å². The fraction of sp³-hybridized carbons (Fsp3) is 0.294. The van der Waals surface area contributed by atoms with E-state index in [0.717, 1.165) is 17.9 Å². The second kappa shape index (κ2) is 7.06. The molecule has 0 bridgehead atoms. The van der Waals surface area contributed by atoms with Gasteiger partial charge in [-0.25, -0.2) is 4.39 Å². The zero-order valence-corrected chi connectivity index (χ0v) is 11.9. The topological polar surface area (TPSA) is 21.3 Å². The van der Waals surface area contributed by atoms with Crippen molar-refractivity contribution in [1.29, 1.82) is 0 Å². The van der Waals surface area contributed by atoms with E-state index in [-0.39, 0.29) is 11.9 Å². The summed E-state index contributed by atoms with van der Waals surface area (Å²) in [6.45, 7) is 5.46. The van der Waals surface area contributed by atoms with Crippen molar-refractivity contribution in [2.45, 2.75) is 26.4 Å². The molecule has 106 valence electrons. The quantitative estimate of drug-likeness (QED) is 0.856. The first kappa shape index (κ1) is 14.5. The van der Waals surface area contributed by atoms with Crippen LogP contribution in [0.2, 0.25) is 0 Å². The Morgan fingerprint density at radius 3 is 2.60 bits per heavy atom. The first-order valence-electron chi connectivity index (χ1n) is 6.89. The molecule has 0 aliphatic carbocycles. The highest BCUT2D eigenvalue weighted by Crippen LogP contribution is 2.16. The molecule has 0 heterocycles. The Bertz CT molecular complexity index is 539. The van der Waals surface area contributed by atoms with Crippen LogP contribution in [0.1, 0.15) is 31.0 Å². The summed E-state index contributed by atoms with van der Waals surface area (Å²) in [7, 11) is 0. The standard InChI is InChI=1S/C17H20FNO/c1-3-20-17-6-4-5-14(11-17)12-19-13(2)15-7-9-16(18)10-8-15/h4-11,13,19H,3,12H2,1-2H3/t13-/m1/s1. The van der Waals surface area contributed by atoms with Gasteiger partial charge >= 0.3 is 0 Å². The van der Waals surface area contributed by atoms with E-state index in [9.17, 15) is 4.39 Å². The van der Waals surface area contributed by atoms with E-state index < -0.39 is 0 Å². The Morgan fingerprint density at radius 1 is 1.15 bits per heavy atom. The molecule has 0 saturated heterocycles. The molecule has 0 fully saturated rings. The maximum Gasteiger partial charge on any atom is 0.123 e. The van der Waals surface area contributed by atoms with Gasteiger partial charge in [-0.2, -0.15) is 0 Å². The predicted molar refractivity (Wildman–Crippen MR) is 79.3 cm³/mol. The molecule has 2 rings (SSSR count). The zero-order valence-electron chi connectivity index (χ0n) is 11.9. The molecule has 2 aromatic carbocycles. The van der Waals surface area contributed by atoms with Crippen LogP contribution in [0.3, 0.4) is 0 Å². The van der Waals surface area contributed by atoms with E-state index in [2.05, 4.69) is 18.3 Å². The van der Waals surface area contributed by atoms with Crippen LogP contribution in [-0.4, -0.2) is 6.61 Å². The van der Waals surface area contributed by atoms with Gasteiger partial charge in [0.05, 0.1) is 6.61 Å². The molecule has 1 atom stereocenters. The average Bonchev–Trinajstić information content (AvgIpc) is 2.46. The van der Waals surface area contributed by atoms with Gasteiger partial charge in [-0.05, 0) is 49.2 Å². The number of hydrogen-bond acceptors (Lipinski definition) is 2.